The van der Waals surface area contributed by atoms with E-state index in [9.17, 15) is 4.79 Å². The van der Waals surface area contributed by atoms with Crippen LogP contribution in [0.25, 0.3) is 6.08 Å². The summed E-state index contributed by atoms with van der Waals surface area (Å²) in [6.45, 7) is 0.262. The molecule has 4 nitrogen and oxygen atoms in total. The van der Waals surface area contributed by atoms with Crippen LogP contribution in [0.1, 0.15) is 21.5 Å². The Morgan fingerprint density at radius 3 is 2.37 bits per heavy atom. The van der Waals surface area contributed by atoms with E-state index < -0.39 is 0 Å². The minimum absolute atomic E-state index is 0.175. The Hall–Kier alpha value is -2.95. The third-order valence-electron chi connectivity index (χ3n) is 4.38. The maximum absolute atomic E-state index is 12.6. The summed E-state index contributed by atoms with van der Waals surface area (Å²) in [6, 6.07) is 17.9. The Morgan fingerprint density at radius 2 is 1.63 bits per heavy atom. The zero-order valence-corrected chi connectivity index (χ0v) is 18.0. The molecule has 0 saturated carbocycles. The van der Waals surface area contributed by atoms with Gasteiger partial charge in [-0.05, 0) is 48.0 Å². The fraction of sp³-hybridized carbons (Fsp3) is 0.125. The van der Waals surface area contributed by atoms with Gasteiger partial charge in [-0.3, -0.25) is 4.79 Å². The quantitative estimate of drug-likeness (QED) is 0.295. The van der Waals surface area contributed by atoms with Crippen molar-refractivity contribution < 1.29 is 19.0 Å². The van der Waals surface area contributed by atoms with Gasteiger partial charge >= 0.3 is 0 Å². The highest BCUT2D eigenvalue weighted by atomic mass is 35.5. The van der Waals surface area contributed by atoms with E-state index in [0.717, 1.165) is 5.56 Å². The third-order valence-corrected chi connectivity index (χ3v) is 5.12. The van der Waals surface area contributed by atoms with Crippen molar-refractivity contribution in [2.45, 2.75) is 6.61 Å². The summed E-state index contributed by atoms with van der Waals surface area (Å²) >= 11 is 12.1. The van der Waals surface area contributed by atoms with E-state index in [1.807, 2.05) is 24.3 Å². The molecule has 0 atom stereocenters. The van der Waals surface area contributed by atoms with Crippen LogP contribution in [0, 0.1) is 0 Å². The maximum Gasteiger partial charge on any atom is 0.189 e. The van der Waals surface area contributed by atoms with Crippen LogP contribution in [0.15, 0.2) is 66.7 Å². The number of allylic oxidation sites excluding steroid dienone is 1. The molecule has 0 amide bonds. The van der Waals surface area contributed by atoms with Crippen molar-refractivity contribution in [1.29, 1.82) is 0 Å². The molecule has 0 aromatic heterocycles. The number of carbonyl (C=O) groups excluding carboxylic acids is 1. The number of methoxy groups -OCH3 is 2. The molecule has 6 heteroatoms. The van der Waals surface area contributed by atoms with Crippen molar-refractivity contribution >= 4 is 35.1 Å². The third kappa shape index (κ3) is 5.15. The lowest BCUT2D eigenvalue weighted by molar-refractivity contribution is 0.104. The van der Waals surface area contributed by atoms with Crippen LogP contribution in [0.4, 0.5) is 0 Å². The second-order valence-corrected chi connectivity index (χ2v) is 7.13. The van der Waals surface area contributed by atoms with Gasteiger partial charge in [-0.1, -0.05) is 53.5 Å². The second-order valence-electron chi connectivity index (χ2n) is 6.31. The molecule has 0 aliphatic heterocycles. The van der Waals surface area contributed by atoms with Gasteiger partial charge in [0.05, 0.1) is 29.8 Å². The zero-order valence-electron chi connectivity index (χ0n) is 16.5. The van der Waals surface area contributed by atoms with Crippen LogP contribution in [-0.2, 0) is 6.61 Å². The summed E-state index contributed by atoms with van der Waals surface area (Å²) in [5.74, 6) is 1.43. The monoisotopic (exact) mass is 442 g/mol. The van der Waals surface area contributed by atoms with E-state index in [0.29, 0.717) is 38.4 Å². The van der Waals surface area contributed by atoms with E-state index in [1.54, 1.807) is 49.6 Å². The maximum atomic E-state index is 12.6. The highest BCUT2D eigenvalue weighted by molar-refractivity contribution is 6.42. The summed E-state index contributed by atoms with van der Waals surface area (Å²) < 4.78 is 16.7. The number of rotatable bonds is 8. The Labute approximate surface area is 185 Å². The molecule has 0 heterocycles. The number of para-hydroxylation sites is 2. The van der Waals surface area contributed by atoms with E-state index in [1.165, 1.54) is 13.2 Å². The van der Waals surface area contributed by atoms with Crippen molar-refractivity contribution in [2.24, 2.45) is 0 Å². The summed E-state index contributed by atoms with van der Waals surface area (Å²) in [6.07, 6.45) is 3.18. The number of carbonyl (C=O) groups is 1. The smallest absolute Gasteiger partial charge is 0.189 e. The number of halogens is 2. The van der Waals surface area contributed by atoms with Crippen LogP contribution in [0.3, 0.4) is 0 Å². The van der Waals surface area contributed by atoms with E-state index in [2.05, 4.69) is 0 Å². The number of hydrogen-bond acceptors (Lipinski definition) is 4. The molecule has 0 N–H and O–H groups in total. The first-order valence-corrected chi connectivity index (χ1v) is 9.88. The number of ketones is 1. The SMILES string of the molecule is COc1ccccc1C(=O)/C=C/c1cccc(OC)c1OCc1ccc(Cl)c(Cl)c1. The molecule has 0 fully saturated rings. The van der Waals surface area contributed by atoms with E-state index in [-0.39, 0.29) is 12.4 Å². The summed E-state index contributed by atoms with van der Waals surface area (Å²) in [7, 11) is 3.10. The number of ether oxygens (including phenoxy) is 3. The Bertz CT molecular complexity index is 1080. The standard InChI is InChI=1S/C24H20Cl2O4/c1-28-22-8-4-3-7-18(22)21(27)13-11-17-6-5-9-23(29-2)24(17)30-15-16-10-12-19(25)20(26)14-16/h3-14H,15H2,1-2H3/b13-11+. The second kappa shape index (κ2) is 10.2. The molecule has 0 aliphatic carbocycles. The Kier molecular flexibility index (Phi) is 7.39. The molecule has 3 aromatic rings. The number of hydrogen-bond donors (Lipinski definition) is 0. The Morgan fingerprint density at radius 1 is 0.900 bits per heavy atom. The highest BCUT2D eigenvalue weighted by Gasteiger charge is 2.12. The molecule has 0 spiro atoms. The molecular formula is C24H20Cl2O4. The van der Waals surface area contributed by atoms with Gasteiger partial charge in [0.1, 0.15) is 12.4 Å². The molecule has 3 rings (SSSR count). The predicted octanol–water partition coefficient (Wildman–Crippen LogP) is 6.49. The summed E-state index contributed by atoms with van der Waals surface area (Å²) in [5.41, 5.74) is 2.05. The van der Waals surface area contributed by atoms with Gasteiger partial charge in [0.15, 0.2) is 17.3 Å². The van der Waals surface area contributed by atoms with Gasteiger partial charge in [-0.15, -0.1) is 0 Å². The number of benzene rings is 3. The first-order valence-electron chi connectivity index (χ1n) is 9.12. The fourth-order valence-electron chi connectivity index (χ4n) is 2.87. The molecule has 0 saturated heterocycles. The van der Waals surface area contributed by atoms with Crippen molar-refractivity contribution in [3.63, 3.8) is 0 Å². The molecule has 30 heavy (non-hydrogen) atoms. The summed E-state index contributed by atoms with van der Waals surface area (Å²) in [4.78, 5) is 12.6. The van der Waals surface area contributed by atoms with Crippen molar-refractivity contribution in [3.05, 3.63) is 93.5 Å². The van der Waals surface area contributed by atoms with Gasteiger partial charge in [0.25, 0.3) is 0 Å². The highest BCUT2D eigenvalue weighted by Crippen LogP contribution is 2.33. The molecule has 154 valence electrons. The lowest BCUT2D eigenvalue weighted by Crippen LogP contribution is -2.01. The van der Waals surface area contributed by atoms with Gasteiger partial charge in [-0.2, -0.15) is 0 Å². The van der Waals surface area contributed by atoms with Crippen LogP contribution >= 0.6 is 23.2 Å². The lowest BCUT2D eigenvalue weighted by atomic mass is 10.1. The molecular weight excluding hydrogens is 423 g/mol. The average molecular weight is 443 g/mol. The molecule has 3 aromatic carbocycles. The van der Waals surface area contributed by atoms with Crippen LogP contribution < -0.4 is 14.2 Å². The fourth-order valence-corrected chi connectivity index (χ4v) is 3.19. The van der Waals surface area contributed by atoms with Crippen LogP contribution in [0.2, 0.25) is 10.0 Å². The minimum atomic E-state index is -0.175. The largest absolute Gasteiger partial charge is 0.496 e. The summed E-state index contributed by atoms with van der Waals surface area (Å²) in [5, 5.41) is 0.941. The molecule has 0 bridgehead atoms. The van der Waals surface area contributed by atoms with Crippen LogP contribution in [0.5, 0.6) is 17.2 Å². The van der Waals surface area contributed by atoms with Crippen LogP contribution in [-0.4, -0.2) is 20.0 Å². The lowest BCUT2D eigenvalue weighted by Gasteiger charge is -2.14. The topological polar surface area (TPSA) is 44.8 Å². The first kappa shape index (κ1) is 21.8. The minimum Gasteiger partial charge on any atom is -0.496 e. The van der Waals surface area contributed by atoms with Gasteiger partial charge in [0.2, 0.25) is 0 Å². The van der Waals surface area contributed by atoms with Gasteiger partial charge < -0.3 is 14.2 Å². The van der Waals surface area contributed by atoms with Gasteiger partial charge in [0, 0.05) is 5.56 Å². The van der Waals surface area contributed by atoms with Gasteiger partial charge in [-0.25, -0.2) is 0 Å². The predicted molar refractivity (Wildman–Crippen MR) is 120 cm³/mol. The molecule has 0 unspecified atom stereocenters. The van der Waals surface area contributed by atoms with E-state index >= 15 is 0 Å². The van der Waals surface area contributed by atoms with E-state index in [4.69, 9.17) is 37.4 Å². The normalized spacial score (nSPS) is 10.8. The molecule has 0 aliphatic rings. The van der Waals surface area contributed by atoms with Crippen molar-refractivity contribution in [2.75, 3.05) is 14.2 Å². The van der Waals surface area contributed by atoms with Crippen molar-refractivity contribution in [1.82, 2.24) is 0 Å². The van der Waals surface area contributed by atoms with Crippen molar-refractivity contribution in [3.8, 4) is 17.2 Å². The Balaban J connectivity index is 1.85. The average Bonchev–Trinajstić information content (AvgIpc) is 2.78. The zero-order chi connectivity index (χ0) is 21.5. The molecule has 0 radical (unpaired) electrons. The first-order chi connectivity index (χ1) is 14.5.